The molecule has 0 radical (unpaired) electrons. The number of carboxylic acid groups (broad SMARTS) is 1. The lowest BCUT2D eigenvalue weighted by Crippen LogP contribution is -2.46. The predicted octanol–water partition coefficient (Wildman–Crippen LogP) is 6.13. The van der Waals surface area contributed by atoms with Gasteiger partial charge in [0, 0.05) is 17.0 Å². The van der Waals surface area contributed by atoms with Crippen LogP contribution in [0.15, 0.2) is 71.6 Å². The van der Waals surface area contributed by atoms with Gasteiger partial charge in [0.05, 0.1) is 24.4 Å². The summed E-state index contributed by atoms with van der Waals surface area (Å²) in [7, 11) is 0. The molecule has 0 saturated carbocycles. The first-order chi connectivity index (χ1) is 17.1. The van der Waals surface area contributed by atoms with E-state index in [4.69, 9.17) is 4.74 Å². The fourth-order valence-electron chi connectivity index (χ4n) is 4.30. The number of hydrogen-bond donors (Lipinski definition) is 3. The van der Waals surface area contributed by atoms with E-state index in [1.807, 2.05) is 43.3 Å². The molecule has 2 atom stereocenters. The van der Waals surface area contributed by atoms with Gasteiger partial charge in [-0.05, 0) is 86.4 Å². The van der Waals surface area contributed by atoms with Gasteiger partial charge in [0.2, 0.25) is 0 Å². The lowest BCUT2D eigenvalue weighted by atomic mass is 9.94. The highest BCUT2D eigenvalue weighted by molar-refractivity contribution is 7.98. The molecule has 3 N–H and O–H groups in total. The van der Waals surface area contributed by atoms with E-state index in [1.54, 1.807) is 24.8 Å². The molecule has 0 spiro atoms. The van der Waals surface area contributed by atoms with Crippen LogP contribution in [-0.4, -0.2) is 47.2 Å². The standard InChI is InChI=1S/C30H37NO4S/c1-20-16-23(12-15-26(20)29(33)34)28-9-7-6-8-27(28)21(2)35-19-24(32)18-31-30(3,4)17-22-10-13-25(36-5)14-11-22/h6-16,21,24,31-32H,17-19H2,1-5H3,(H,33,34)/t21-,24?/m1/s1. The molecule has 36 heavy (non-hydrogen) atoms. The molecule has 192 valence electrons. The second kappa shape index (κ2) is 12.5. The maximum absolute atomic E-state index is 11.4. The van der Waals surface area contributed by atoms with E-state index in [-0.39, 0.29) is 18.2 Å². The van der Waals surface area contributed by atoms with E-state index >= 15 is 0 Å². The van der Waals surface area contributed by atoms with E-state index in [1.165, 1.54) is 10.5 Å². The third-order valence-electron chi connectivity index (χ3n) is 6.33. The quantitative estimate of drug-likeness (QED) is 0.256. The number of benzene rings is 3. The van der Waals surface area contributed by atoms with Gasteiger partial charge in [-0.1, -0.05) is 48.5 Å². The first kappa shape index (κ1) is 27.9. The Hall–Kier alpha value is -2.64. The Morgan fingerprint density at radius 3 is 2.42 bits per heavy atom. The van der Waals surface area contributed by atoms with Gasteiger partial charge < -0.3 is 20.3 Å². The summed E-state index contributed by atoms with van der Waals surface area (Å²) in [5, 5.41) is 23.4. The molecule has 0 bridgehead atoms. The number of aryl methyl sites for hydroxylation is 1. The van der Waals surface area contributed by atoms with Gasteiger partial charge >= 0.3 is 5.97 Å². The number of nitrogens with one attached hydrogen (secondary N) is 1. The molecule has 0 aliphatic carbocycles. The third-order valence-corrected chi connectivity index (χ3v) is 7.07. The molecule has 0 aromatic heterocycles. The molecule has 6 heteroatoms. The van der Waals surface area contributed by atoms with Crippen LogP contribution in [0.4, 0.5) is 0 Å². The van der Waals surface area contributed by atoms with Crippen LogP contribution in [0.3, 0.4) is 0 Å². The minimum Gasteiger partial charge on any atom is -0.478 e. The lowest BCUT2D eigenvalue weighted by molar-refractivity contribution is -0.00397. The van der Waals surface area contributed by atoms with E-state index < -0.39 is 12.1 Å². The summed E-state index contributed by atoms with van der Waals surface area (Å²) in [5.41, 5.74) is 5.04. The highest BCUT2D eigenvalue weighted by Gasteiger charge is 2.20. The average molecular weight is 508 g/mol. The van der Waals surface area contributed by atoms with Crippen molar-refractivity contribution >= 4 is 17.7 Å². The Bertz CT molecular complexity index is 1160. The summed E-state index contributed by atoms with van der Waals surface area (Å²) in [6, 6.07) is 21.9. The monoisotopic (exact) mass is 507 g/mol. The van der Waals surface area contributed by atoms with Crippen LogP contribution < -0.4 is 5.32 Å². The van der Waals surface area contributed by atoms with Crippen molar-refractivity contribution in [1.29, 1.82) is 0 Å². The molecule has 3 aromatic carbocycles. The van der Waals surface area contributed by atoms with Crippen LogP contribution in [0.1, 0.15) is 53.9 Å². The maximum Gasteiger partial charge on any atom is 0.335 e. The van der Waals surface area contributed by atoms with Crippen LogP contribution in [-0.2, 0) is 11.2 Å². The first-order valence-corrected chi connectivity index (χ1v) is 13.4. The molecule has 3 aromatic rings. The lowest BCUT2D eigenvalue weighted by Gasteiger charge is -2.28. The van der Waals surface area contributed by atoms with Crippen molar-refractivity contribution in [2.75, 3.05) is 19.4 Å². The number of β-amino-alcohol motifs (C(OH)–C–C–N with tert-alkyl or cyclic N) is 1. The van der Waals surface area contributed by atoms with E-state index in [0.29, 0.717) is 17.7 Å². The molecule has 0 aliphatic rings. The number of ether oxygens (including phenoxy) is 1. The van der Waals surface area contributed by atoms with Crippen LogP contribution >= 0.6 is 11.8 Å². The van der Waals surface area contributed by atoms with E-state index in [2.05, 4.69) is 49.7 Å². The van der Waals surface area contributed by atoms with Gasteiger partial charge in [0.25, 0.3) is 0 Å². The molecule has 0 saturated heterocycles. The van der Waals surface area contributed by atoms with E-state index in [9.17, 15) is 15.0 Å². The van der Waals surface area contributed by atoms with Crippen molar-refractivity contribution in [2.24, 2.45) is 0 Å². The Kier molecular flexibility index (Phi) is 9.74. The van der Waals surface area contributed by atoms with E-state index in [0.717, 1.165) is 23.1 Å². The van der Waals surface area contributed by atoms with Crippen molar-refractivity contribution in [1.82, 2.24) is 5.32 Å². The van der Waals surface area contributed by atoms with Crippen LogP contribution in [0.5, 0.6) is 0 Å². The van der Waals surface area contributed by atoms with Crippen molar-refractivity contribution in [2.45, 2.75) is 56.8 Å². The zero-order valence-electron chi connectivity index (χ0n) is 21.7. The molecule has 0 amide bonds. The Morgan fingerprint density at radius 1 is 1.08 bits per heavy atom. The SMILES string of the molecule is CSc1ccc(CC(C)(C)NCC(O)CO[C@H](C)c2ccccc2-c2ccc(C(=O)O)c(C)c2)cc1. The molecular formula is C30H37NO4S. The number of rotatable bonds is 12. The van der Waals surface area contributed by atoms with Crippen molar-refractivity contribution in [3.05, 3.63) is 89.0 Å². The number of carboxylic acids is 1. The highest BCUT2D eigenvalue weighted by Crippen LogP contribution is 2.31. The predicted molar refractivity (Wildman–Crippen MR) is 148 cm³/mol. The molecule has 0 heterocycles. The third kappa shape index (κ3) is 7.68. The summed E-state index contributed by atoms with van der Waals surface area (Å²) in [6.45, 7) is 8.69. The summed E-state index contributed by atoms with van der Waals surface area (Å²) in [5.74, 6) is -0.927. The van der Waals surface area contributed by atoms with Crippen LogP contribution in [0, 0.1) is 6.92 Å². The Morgan fingerprint density at radius 2 is 1.78 bits per heavy atom. The normalized spacial score (nSPS) is 13.4. The van der Waals surface area contributed by atoms with Gasteiger partial charge in [-0.3, -0.25) is 0 Å². The zero-order valence-corrected chi connectivity index (χ0v) is 22.6. The van der Waals surface area contributed by atoms with Crippen LogP contribution in [0.2, 0.25) is 0 Å². The van der Waals surface area contributed by atoms with Gasteiger partial charge in [0.1, 0.15) is 0 Å². The molecule has 1 unspecified atom stereocenters. The number of aliphatic hydroxyl groups excluding tert-OH is 1. The molecule has 0 aliphatic heterocycles. The number of aromatic carboxylic acids is 1. The summed E-state index contributed by atoms with van der Waals surface area (Å²) >= 11 is 1.73. The molecule has 0 fully saturated rings. The second-order valence-corrected chi connectivity index (χ2v) is 10.7. The first-order valence-electron chi connectivity index (χ1n) is 12.2. The minimum absolute atomic E-state index is 0.167. The summed E-state index contributed by atoms with van der Waals surface area (Å²) in [4.78, 5) is 12.6. The number of hydrogen-bond acceptors (Lipinski definition) is 5. The molecule has 5 nitrogen and oxygen atoms in total. The minimum atomic E-state index is -0.927. The fourth-order valence-corrected chi connectivity index (χ4v) is 4.71. The van der Waals surface area contributed by atoms with Crippen LogP contribution in [0.25, 0.3) is 11.1 Å². The van der Waals surface area contributed by atoms with Gasteiger partial charge in [-0.2, -0.15) is 0 Å². The number of thioether (sulfide) groups is 1. The summed E-state index contributed by atoms with van der Waals surface area (Å²) < 4.78 is 6.07. The Balaban J connectivity index is 1.57. The van der Waals surface area contributed by atoms with Gasteiger partial charge in [-0.15, -0.1) is 11.8 Å². The fraction of sp³-hybridized carbons (Fsp3) is 0.367. The average Bonchev–Trinajstić information content (AvgIpc) is 2.86. The topological polar surface area (TPSA) is 78.8 Å². The van der Waals surface area contributed by atoms with Gasteiger partial charge in [0.15, 0.2) is 0 Å². The second-order valence-electron chi connectivity index (χ2n) is 9.84. The largest absolute Gasteiger partial charge is 0.478 e. The molecular weight excluding hydrogens is 470 g/mol. The van der Waals surface area contributed by atoms with Gasteiger partial charge in [-0.25, -0.2) is 4.79 Å². The van der Waals surface area contributed by atoms with Crippen molar-refractivity contribution in [3.8, 4) is 11.1 Å². The van der Waals surface area contributed by atoms with Crippen molar-refractivity contribution in [3.63, 3.8) is 0 Å². The maximum atomic E-state index is 11.4. The van der Waals surface area contributed by atoms with Crippen molar-refractivity contribution < 1.29 is 19.7 Å². The number of aliphatic hydroxyl groups is 1. The highest BCUT2D eigenvalue weighted by atomic mass is 32.2. The smallest absolute Gasteiger partial charge is 0.335 e. The molecule has 3 rings (SSSR count). The number of carbonyl (C=O) groups is 1. The Labute approximate surface area is 218 Å². The zero-order chi connectivity index (χ0) is 26.3. The summed E-state index contributed by atoms with van der Waals surface area (Å²) in [6.07, 6.45) is 2.05.